The molecule has 0 bridgehead atoms. The van der Waals surface area contributed by atoms with Gasteiger partial charge in [-0.15, -0.1) is 11.6 Å². The van der Waals surface area contributed by atoms with E-state index >= 15 is 0 Å². The number of ether oxygens (including phenoxy) is 2. The van der Waals surface area contributed by atoms with Crippen LogP contribution in [0.5, 0.6) is 11.5 Å². The third kappa shape index (κ3) is 3.29. The van der Waals surface area contributed by atoms with Gasteiger partial charge in [-0.2, -0.15) is 0 Å². The summed E-state index contributed by atoms with van der Waals surface area (Å²) in [6, 6.07) is 5.97. The summed E-state index contributed by atoms with van der Waals surface area (Å²) in [5.74, 6) is 1.63. The first-order valence-electron chi connectivity index (χ1n) is 5.99. The smallest absolute Gasteiger partial charge is 0.161 e. The SMILES string of the molecule is CC(C)(C)CC(Cl)c1ccc2c(c1)OCCO2. The molecule has 17 heavy (non-hydrogen) atoms. The maximum atomic E-state index is 6.44. The van der Waals surface area contributed by atoms with Crippen molar-refractivity contribution in [1.82, 2.24) is 0 Å². The minimum absolute atomic E-state index is 0.0193. The highest BCUT2D eigenvalue weighted by Gasteiger charge is 2.20. The van der Waals surface area contributed by atoms with Crippen LogP contribution in [-0.4, -0.2) is 13.2 Å². The third-order valence-corrected chi connectivity index (χ3v) is 3.13. The van der Waals surface area contributed by atoms with Crippen LogP contribution in [-0.2, 0) is 0 Å². The second kappa shape index (κ2) is 4.77. The largest absolute Gasteiger partial charge is 0.486 e. The second-order valence-corrected chi connectivity index (χ2v) is 6.16. The molecule has 0 amide bonds. The molecule has 1 aliphatic heterocycles. The van der Waals surface area contributed by atoms with Gasteiger partial charge in [-0.3, -0.25) is 0 Å². The lowest BCUT2D eigenvalue weighted by atomic mass is 9.88. The monoisotopic (exact) mass is 254 g/mol. The Bertz CT molecular complexity index is 396. The summed E-state index contributed by atoms with van der Waals surface area (Å²) >= 11 is 6.44. The minimum atomic E-state index is 0.0193. The standard InChI is InChI=1S/C14H19ClO2/c1-14(2,3)9-11(15)10-4-5-12-13(8-10)17-7-6-16-12/h4-5,8,11H,6-7,9H2,1-3H3. The number of fused-ring (bicyclic) bond motifs is 1. The van der Waals surface area contributed by atoms with Gasteiger partial charge in [-0.05, 0) is 29.5 Å². The Morgan fingerprint density at radius 2 is 1.82 bits per heavy atom. The molecule has 1 unspecified atom stereocenters. The average Bonchev–Trinajstić information content (AvgIpc) is 2.26. The number of hydrogen-bond donors (Lipinski definition) is 0. The predicted molar refractivity (Wildman–Crippen MR) is 70.1 cm³/mol. The van der Waals surface area contributed by atoms with E-state index in [1.807, 2.05) is 18.2 Å². The zero-order valence-electron chi connectivity index (χ0n) is 10.6. The van der Waals surface area contributed by atoms with Crippen LogP contribution in [0.3, 0.4) is 0 Å². The van der Waals surface area contributed by atoms with Crippen LogP contribution in [0.1, 0.15) is 38.1 Å². The summed E-state index contributed by atoms with van der Waals surface area (Å²) in [5.41, 5.74) is 1.32. The average molecular weight is 255 g/mol. The van der Waals surface area contributed by atoms with Gasteiger partial charge in [0.2, 0.25) is 0 Å². The Labute approximate surface area is 108 Å². The van der Waals surface area contributed by atoms with Crippen molar-refractivity contribution in [1.29, 1.82) is 0 Å². The molecular weight excluding hydrogens is 236 g/mol. The van der Waals surface area contributed by atoms with Gasteiger partial charge in [0.15, 0.2) is 11.5 Å². The molecule has 2 nitrogen and oxygen atoms in total. The third-order valence-electron chi connectivity index (χ3n) is 2.72. The summed E-state index contributed by atoms with van der Waals surface area (Å²) in [6.45, 7) is 7.82. The Kier molecular flexibility index (Phi) is 3.53. The molecule has 0 aromatic heterocycles. The van der Waals surface area contributed by atoms with E-state index in [0.717, 1.165) is 23.5 Å². The van der Waals surface area contributed by atoms with Crippen molar-refractivity contribution < 1.29 is 9.47 Å². The molecule has 0 fully saturated rings. The zero-order valence-corrected chi connectivity index (χ0v) is 11.4. The fourth-order valence-corrected chi connectivity index (χ4v) is 2.51. The molecule has 0 spiro atoms. The van der Waals surface area contributed by atoms with E-state index in [4.69, 9.17) is 21.1 Å². The highest BCUT2D eigenvalue weighted by Crippen LogP contribution is 2.38. The fraction of sp³-hybridized carbons (Fsp3) is 0.571. The molecule has 1 atom stereocenters. The van der Waals surface area contributed by atoms with Gasteiger partial charge in [0.25, 0.3) is 0 Å². The van der Waals surface area contributed by atoms with Gasteiger partial charge < -0.3 is 9.47 Å². The van der Waals surface area contributed by atoms with E-state index in [0.29, 0.717) is 13.2 Å². The molecular formula is C14H19ClO2. The molecule has 3 heteroatoms. The maximum absolute atomic E-state index is 6.44. The Balaban J connectivity index is 2.16. The van der Waals surface area contributed by atoms with Crippen molar-refractivity contribution >= 4 is 11.6 Å². The maximum Gasteiger partial charge on any atom is 0.161 e. The van der Waals surface area contributed by atoms with Crippen LogP contribution in [0.4, 0.5) is 0 Å². The molecule has 1 aliphatic rings. The number of halogens is 1. The van der Waals surface area contributed by atoms with Gasteiger partial charge in [-0.1, -0.05) is 26.8 Å². The highest BCUT2D eigenvalue weighted by atomic mass is 35.5. The summed E-state index contributed by atoms with van der Waals surface area (Å²) in [7, 11) is 0. The van der Waals surface area contributed by atoms with Crippen LogP contribution in [0, 0.1) is 5.41 Å². The Hall–Kier alpha value is -0.890. The van der Waals surface area contributed by atoms with Gasteiger partial charge in [0, 0.05) is 0 Å². The molecule has 0 aliphatic carbocycles. The molecule has 2 rings (SSSR count). The van der Waals surface area contributed by atoms with E-state index in [2.05, 4.69) is 20.8 Å². The summed E-state index contributed by atoms with van der Waals surface area (Å²) < 4.78 is 11.1. The number of alkyl halides is 1. The van der Waals surface area contributed by atoms with Crippen LogP contribution in [0.15, 0.2) is 18.2 Å². The molecule has 0 N–H and O–H groups in total. The summed E-state index contributed by atoms with van der Waals surface area (Å²) in [4.78, 5) is 0. The molecule has 0 saturated heterocycles. The van der Waals surface area contributed by atoms with Gasteiger partial charge >= 0.3 is 0 Å². The first-order valence-corrected chi connectivity index (χ1v) is 6.43. The van der Waals surface area contributed by atoms with E-state index < -0.39 is 0 Å². The summed E-state index contributed by atoms with van der Waals surface area (Å²) in [5, 5.41) is 0.0193. The fourth-order valence-electron chi connectivity index (χ4n) is 1.91. The number of benzene rings is 1. The first kappa shape index (κ1) is 12.6. The van der Waals surface area contributed by atoms with E-state index in [9.17, 15) is 0 Å². The van der Waals surface area contributed by atoms with Crippen LogP contribution >= 0.6 is 11.6 Å². The van der Waals surface area contributed by atoms with Crippen molar-refractivity contribution in [3.63, 3.8) is 0 Å². The van der Waals surface area contributed by atoms with E-state index in [1.165, 1.54) is 0 Å². The van der Waals surface area contributed by atoms with Crippen molar-refractivity contribution in [3.05, 3.63) is 23.8 Å². The van der Waals surface area contributed by atoms with Crippen molar-refractivity contribution in [2.75, 3.05) is 13.2 Å². The molecule has 0 saturated carbocycles. The lowest BCUT2D eigenvalue weighted by molar-refractivity contribution is 0.171. The second-order valence-electron chi connectivity index (χ2n) is 5.64. The molecule has 1 heterocycles. The van der Waals surface area contributed by atoms with Crippen molar-refractivity contribution in [3.8, 4) is 11.5 Å². The topological polar surface area (TPSA) is 18.5 Å². The van der Waals surface area contributed by atoms with Crippen molar-refractivity contribution in [2.24, 2.45) is 5.41 Å². The lowest BCUT2D eigenvalue weighted by Gasteiger charge is -2.24. The van der Waals surface area contributed by atoms with Crippen molar-refractivity contribution in [2.45, 2.75) is 32.6 Å². The van der Waals surface area contributed by atoms with E-state index in [-0.39, 0.29) is 10.8 Å². The highest BCUT2D eigenvalue weighted by molar-refractivity contribution is 6.20. The van der Waals surface area contributed by atoms with Gasteiger partial charge in [0.1, 0.15) is 13.2 Å². The molecule has 94 valence electrons. The van der Waals surface area contributed by atoms with Gasteiger partial charge in [-0.25, -0.2) is 0 Å². The first-order chi connectivity index (χ1) is 7.96. The molecule has 1 aromatic rings. The number of hydrogen-bond acceptors (Lipinski definition) is 2. The van der Waals surface area contributed by atoms with E-state index in [1.54, 1.807) is 0 Å². The Morgan fingerprint density at radius 3 is 2.47 bits per heavy atom. The molecule has 0 radical (unpaired) electrons. The van der Waals surface area contributed by atoms with Crippen LogP contribution < -0.4 is 9.47 Å². The normalized spacial score (nSPS) is 16.7. The number of rotatable bonds is 2. The predicted octanol–water partition coefficient (Wildman–Crippen LogP) is 4.17. The van der Waals surface area contributed by atoms with Gasteiger partial charge in [0.05, 0.1) is 5.38 Å². The zero-order chi connectivity index (χ0) is 12.5. The van der Waals surface area contributed by atoms with Crippen LogP contribution in [0.2, 0.25) is 0 Å². The minimum Gasteiger partial charge on any atom is -0.486 e. The lowest BCUT2D eigenvalue weighted by Crippen LogP contribution is -2.15. The molecule has 1 aromatic carbocycles. The quantitative estimate of drug-likeness (QED) is 0.738. The summed E-state index contributed by atoms with van der Waals surface area (Å²) in [6.07, 6.45) is 0.939. The Morgan fingerprint density at radius 1 is 1.18 bits per heavy atom. The van der Waals surface area contributed by atoms with Crippen LogP contribution in [0.25, 0.3) is 0 Å².